The van der Waals surface area contributed by atoms with Crippen LogP contribution in [0, 0.1) is 5.92 Å². The van der Waals surface area contributed by atoms with Crippen LogP contribution in [-0.4, -0.2) is 54.4 Å². The highest BCUT2D eigenvalue weighted by Gasteiger charge is 2.39. The van der Waals surface area contributed by atoms with E-state index in [0.717, 1.165) is 60.4 Å². The molecule has 0 saturated carbocycles. The van der Waals surface area contributed by atoms with E-state index in [0.29, 0.717) is 18.9 Å². The molecule has 2 saturated heterocycles. The van der Waals surface area contributed by atoms with Crippen LogP contribution in [0.1, 0.15) is 35.2 Å². The molecule has 0 radical (unpaired) electrons. The van der Waals surface area contributed by atoms with Crippen molar-refractivity contribution < 1.29 is 14.3 Å². The number of carbonyl (C=O) groups is 2. The van der Waals surface area contributed by atoms with Crippen molar-refractivity contribution >= 4 is 11.8 Å². The number of carbonyl (C=O) groups excluding carboxylic acids is 2. The van der Waals surface area contributed by atoms with Crippen LogP contribution in [0.3, 0.4) is 0 Å². The molecule has 2 atom stereocenters. The quantitative estimate of drug-likeness (QED) is 0.526. The zero-order chi connectivity index (χ0) is 24.2. The van der Waals surface area contributed by atoms with Gasteiger partial charge in [0.1, 0.15) is 5.75 Å². The molecule has 2 aliphatic heterocycles. The second-order valence-electron chi connectivity index (χ2n) is 9.57. The third-order valence-electron chi connectivity index (χ3n) is 7.41. The third kappa shape index (κ3) is 5.09. The van der Waals surface area contributed by atoms with Gasteiger partial charge in [-0.3, -0.25) is 9.59 Å². The second-order valence-corrected chi connectivity index (χ2v) is 9.57. The molecule has 2 fully saturated rings. The molecule has 180 valence electrons. The third-order valence-corrected chi connectivity index (χ3v) is 7.41. The summed E-state index contributed by atoms with van der Waals surface area (Å²) >= 11 is 0. The van der Waals surface area contributed by atoms with Crippen LogP contribution in [-0.2, 0) is 11.2 Å². The Balaban J connectivity index is 1.23. The van der Waals surface area contributed by atoms with Crippen molar-refractivity contribution in [1.82, 2.24) is 9.80 Å². The Labute approximate surface area is 207 Å². The molecule has 5 rings (SSSR count). The summed E-state index contributed by atoms with van der Waals surface area (Å²) in [6.45, 7) is 2.21. The Kier molecular flexibility index (Phi) is 6.84. The van der Waals surface area contributed by atoms with Crippen LogP contribution in [0.15, 0.2) is 78.9 Å². The van der Waals surface area contributed by atoms with E-state index in [4.69, 9.17) is 4.74 Å². The average Bonchev–Trinajstić information content (AvgIpc) is 2.92. The number of amides is 2. The predicted molar refractivity (Wildman–Crippen MR) is 137 cm³/mol. The maximum Gasteiger partial charge on any atom is 0.254 e. The molecule has 0 N–H and O–H groups in total. The molecule has 0 aliphatic carbocycles. The minimum atomic E-state index is 0.107. The maximum atomic E-state index is 13.5. The Morgan fingerprint density at radius 2 is 1.66 bits per heavy atom. The first-order valence-corrected chi connectivity index (χ1v) is 12.5. The van der Waals surface area contributed by atoms with Gasteiger partial charge in [0.25, 0.3) is 5.91 Å². The average molecular weight is 469 g/mol. The largest absolute Gasteiger partial charge is 0.497 e. The zero-order valence-corrected chi connectivity index (χ0v) is 20.2. The Bertz CT molecular complexity index is 1180. The van der Waals surface area contributed by atoms with Crippen molar-refractivity contribution in [2.75, 3.05) is 26.7 Å². The van der Waals surface area contributed by atoms with E-state index in [1.54, 1.807) is 7.11 Å². The van der Waals surface area contributed by atoms with E-state index >= 15 is 0 Å². The SMILES string of the molecule is COc1cccc(CC(=O)N2CC[C@@H]3[C@H](CCCN3C(=O)c3ccc(-c4ccccc4)cc3)C2)c1. The van der Waals surface area contributed by atoms with Gasteiger partial charge in [-0.05, 0) is 66.1 Å². The molecule has 5 heteroatoms. The smallest absolute Gasteiger partial charge is 0.254 e. The molecule has 3 aromatic rings. The lowest BCUT2D eigenvalue weighted by atomic mass is 9.83. The molecular formula is C30H32N2O3. The van der Waals surface area contributed by atoms with Crippen LogP contribution in [0.25, 0.3) is 11.1 Å². The fourth-order valence-corrected chi connectivity index (χ4v) is 5.55. The summed E-state index contributed by atoms with van der Waals surface area (Å²) < 4.78 is 5.29. The molecule has 2 aliphatic rings. The summed E-state index contributed by atoms with van der Waals surface area (Å²) in [6.07, 6.45) is 3.25. The fourth-order valence-electron chi connectivity index (χ4n) is 5.55. The van der Waals surface area contributed by atoms with E-state index < -0.39 is 0 Å². The number of piperidine rings is 2. The van der Waals surface area contributed by atoms with Gasteiger partial charge < -0.3 is 14.5 Å². The number of hydrogen-bond donors (Lipinski definition) is 0. The van der Waals surface area contributed by atoms with E-state index in [1.807, 2.05) is 71.6 Å². The van der Waals surface area contributed by atoms with Crippen LogP contribution in [0.5, 0.6) is 5.75 Å². The van der Waals surface area contributed by atoms with Crippen LogP contribution in [0.2, 0.25) is 0 Å². The summed E-state index contributed by atoms with van der Waals surface area (Å²) in [5, 5.41) is 0. The van der Waals surface area contributed by atoms with Gasteiger partial charge in [0, 0.05) is 31.2 Å². The number of ether oxygens (including phenoxy) is 1. The first-order valence-electron chi connectivity index (χ1n) is 12.5. The van der Waals surface area contributed by atoms with Gasteiger partial charge in [-0.15, -0.1) is 0 Å². The lowest BCUT2D eigenvalue weighted by molar-refractivity contribution is -0.133. The molecule has 0 aromatic heterocycles. The minimum Gasteiger partial charge on any atom is -0.497 e. The van der Waals surface area contributed by atoms with Crippen LogP contribution < -0.4 is 4.74 Å². The fraction of sp³-hybridized carbons (Fsp3) is 0.333. The van der Waals surface area contributed by atoms with Crippen molar-refractivity contribution in [3.05, 3.63) is 90.0 Å². The zero-order valence-electron chi connectivity index (χ0n) is 20.2. The first-order chi connectivity index (χ1) is 17.1. The molecule has 2 amide bonds. The summed E-state index contributed by atoms with van der Waals surface area (Å²) in [5.74, 6) is 1.36. The van der Waals surface area contributed by atoms with Crippen LogP contribution in [0.4, 0.5) is 0 Å². The maximum absolute atomic E-state index is 13.5. The highest BCUT2D eigenvalue weighted by molar-refractivity contribution is 5.95. The highest BCUT2D eigenvalue weighted by Crippen LogP contribution is 2.32. The van der Waals surface area contributed by atoms with Crippen molar-refractivity contribution in [3.63, 3.8) is 0 Å². The van der Waals surface area contributed by atoms with Gasteiger partial charge in [0.05, 0.1) is 13.5 Å². The molecule has 2 heterocycles. The number of nitrogens with zero attached hydrogens (tertiary/aromatic N) is 2. The highest BCUT2D eigenvalue weighted by atomic mass is 16.5. The molecule has 3 aromatic carbocycles. The van der Waals surface area contributed by atoms with Gasteiger partial charge in [-0.2, -0.15) is 0 Å². The standard InChI is InChI=1S/C30H32N2O3/c1-35-27-11-5-7-22(19-27)20-29(33)31-18-16-28-26(21-31)10-6-17-32(28)30(34)25-14-12-24(13-15-25)23-8-3-2-4-9-23/h2-5,7-9,11-15,19,26,28H,6,10,16-18,20-21H2,1H3/t26-,28-/m1/s1. The normalized spacial score (nSPS) is 19.7. The number of rotatable bonds is 5. The van der Waals surface area contributed by atoms with Gasteiger partial charge >= 0.3 is 0 Å². The second kappa shape index (κ2) is 10.3. The molecule has 0 spiro atoms. The first kappa shape index (κ1) is 23.2. The van der Waals surface area contributed by atoms with Crippen LogP contribution >= 0.6 is 0 Å². The predicted octanol–water partition coefficient (Wildman–Crippen LogP) is 5.06. The van der Waals surface area contributed by atoms with E-state index in [1.165, 1.54) is 0 Å². The topological polar surface area (TPSA) is 49.9 Å². The lowest BCUT2D eigenvalue weighted by Crippen LogP contribution is -2.56. The van der Waals surface area contributed by atoms with Crippen molar-refractivity contribution in [2.45, 2.75) is 31.7 Å². The monoisotopic (exact) mass is 468 g/mol. The van der Waals surface area contributed by atoms with E-state index in [2.05, 4.69) is 17.0 Å². The van der Waals surface area contributed by atoms with Crippen molar-refractivity contribution in [1.29, 1.82) is 0 Å². The molecule has 0 bridgehead atoms. The summed E-state index contributed by atoms with van der Waals surface area (Å²) in [5.41, 5.74) is 3.97. The summed E-state index contributed by atoms with van der Waals surface area (Å²) in [7, 11) is 1.64. The van der Waals surface area contributed by atoms with Gasteiger partial charge in [-0.1, -0.05) is 54.6 Å². The molecular weight excluding hydrogens is 436 g/mol. The Morgan fingerprint density at radius 1 is 0.886 bits per heavy atom. The number of methoxy groups -OCH3 is 1. The Hall–Kier alpha value is -3.60. The van der Waals surface area contributed by atoms with Gasteiger partial charge in [-0.25, -0.2) is 0 Å². The number of hydrogen-bond acceptors (Lipinski definition) is 3. The Morgan fingerprint density at radius 3 is 2.43 bits per heavy atom. The minimum absolute atomic E-state index is 0.107. The van der Waals surface area contributed by atoms with Gasteiger partial charge in [0.15, 0.2) is 0 Å². The molecule has 0 unspecified atom stereocenters. The summed E-state index contributed by atoms with van der Waals surface area (Å²) in [4.78, 5) is 30.5. The molecule has 35 heavy (non-hydrogen) atoms. The molecule has 5 nitrogen and oxygen atoms in total. The van der Waals surface area contributed by atoms with Crippen molar-refractivity contribution in [3.8, 4) is 16.9 Å². The van der Waals surface area contributed by atoms with Crippen molar-refractivity contribution in [2.24, 2.45) is 5.92 Å². The van der Waals surface area contributed by atoms with E-state index in [9.17, 15) is 9.59 Å². The summed E-state index contributed by atoms with van der Waals surface area (Å²) in [6, 6.07) is 26.1. The van der Waals surface area contributed by atoms with Gasteiger partial charge in [0.2, 0.25) is 5.91 Å². The lowest BCUT2D eigenvalue weighted by Gasteiger charge is -2.47. The number of benzene rings is 3. The number of likely N-dealkylation sites (tertiary alicyclic amines) is 2. The van der Waals surface area contributed by atoms with E-state index in [-0.39, 0.29) is 17.9 Å². The number of fused-ring (bicyclic) bond motifs is 1.